The van der Waals surface area contributed by atoms with Crippen molar-refractivity contribution in [2.75, 3.05) is 5.32 Å². The van der Waals surface area contributed by atoms with Crippen molar-refractivity contribution in [2.24, 2.45) is 0 Å². The van der Waals surface area contributed by atoms with Gasteiger partial charge in [-0.2, -0.15) is 0 Å². The Labute approximate surface area is 120 Å². The van der Waals surface area contributed by atoms with Gasteiger partial charge < -0.3 is 10.4 Å². The van der Waals surface area contributed by atoms with Gasteiger partial charge in [-0.05, 0) is 65.7 Å². The molecule has 0 atom stereocenters. The Morgan fingerprint density at radius 1 is 1.16 bits per heavy atom. The zero-order chi connectivity index (χ0) is 14.0. The normalized spacial score (nSPS) is 10.3. The second-order valence-corrected chi connectivity index (χ2v) is 5.29. The number of benzene rings is 2. The van der Waals surface area contributed by atoms with Crippen LogP contribution >= 0.6 is 15.9 Å². The molecule has 0 radical (unpaired) electrons. The molecule has 0 saturated heterocycles. The highest BCUT2D eigenvalue weighted by atomic mass is 79.9. The number of halogens is 1. The van der Waals surface area contributed by atoms with Crippen molar-refractivity contribution in [3.05, 3.63) is 57.6 Å². The van der Waals surface area contributed by atoms with E-state index in [-0.39, 0.29) is 11.7 Å². The highest BCUT2D eigenvalue weighted by Crippen LogP contribution is 2.23. The molecule has 2 N–H and O–H groups in total. The van der Waals surface area contributed by atoms with E-state index in [1.807, 2.05) is 25.1 Å². The summed E-state index contributed by atoms with van der Waals surface area (Å²) < 4.78 is 0.756. The van der Waals surface area contributed by atoms with Crippen molar-refractivity contribution in [1.29, 1.82) is 0 Å². The third kappa shape index (κ3) is 3.15. The molecule has 4 heteroatoms. The van der Waals surface area contributed by atoms with E-state index in [4.69, 9.17) is 0 Å². The van der Waals surface area contributed by atoms with Crippen molar-refractivity contribution in [2.45, 2.75) is 13.8 Å². The molecular formula is C15H14BrNO2. The predicted molar refractivity (Wildman–Crippen MR) is 79.7 cm³/mol. The molecule has 0 saturated carbocycles. The highest BCUT2D eigenvalue weighted by Gasteiger charge is 2.11. The van der Waals surface area contributed by atoms with E-state index >= 15 is 0 Å². The molecule has 1 amide bonds. The number of phenols is 1. The van der Waals surface area contributed by atoms with E-state index < -0.39 is 0 Å². The number of anilines is 1. The fourth-order valence-corrected chi connectivity index (χ4v) is 2.17. The third-order valence-corrected chi connectivity index (χ3v) is 3.51. The minimum Gasteiger partial charge on any atom is -0.508 e. The predicted octanol–water partition coefficient (Wildman–Crippen LogP) is 4.02. The number of aryl methyl sites for hydroxylation is 2. The van der Waals surface area contributed by atoms with E-state index in [0.29, 0.717) is 11.3 Å². The average Bonchev–Trinajstić information content (AvgIpc) is 2.36. The molecule has 3 nitrogen and oxygen atoms in total. The first kappa shape index (κ1) is 13.6. The average molecular weight is 320 g/mol. The van der Waals surface area contributed by atoms with Crippen molar-refractivity contribution < 1.29 is 9.90 Å². The molecule has 0 heterocycles. The van der Waals surface area contributed by atoms with Crippen LogP contribution in [0.3, 0.4) is 0 Å². The van der Waals surface area contributed by atoms with Crippen LogP contribution in [0, 0.1) is 13.8 Å². The molecule has 0 bridgehead atoms. The lowest BCUT2D eigenvalue weighted by atomic mass is 10.1. The molecular weight excluding hydrogens is 306 g/mol. The van der Waals surface area contributed by atoms with E-state index in [9.17, 15) is 9.90 Å². The van der Waals surface area contributed by atoms with E-state index in [0.717, 1.165) is 15.6 Å². The summed E-state index contributed by atoms with van der Waals surface area (Å²) in [5.41, 5.74) is 3.00. The minimum absolute atomic E-state index is 0.180. The SMILES string of the molecule is Cc1ccc(Br)c(C(=O)Nc2ccc(O)c(C)c2)c1. The summed E-state index contributed by atoms with van der Waals surface area (Å²) >= 11 is 3.37. The van der Waals surface area contributed by atoms with Gasteiger partial charge in [0.1, 0.15) is 5.75 Å². The lowest BCUT2D eigenvalue weighted by Gasteiger charge is -2.09. The first-order chi connectivity index (χ1) is 8.97. The summed E-state index contributed by atoms with van der Waals surface area (Å²) in [6.07, 6.45) is 0. The molecule has 0 spiro atoms. The molecule has 0 unspecified atom stereocenters. The van der Waals surface area contributed by atoms with Gasteiger partial charge in [-0.3, -0.25) is 4.79 Å². The second-order valence-electron chi connectivity index (χ2n) is 4.44. The summed E-state index contributed by atoms with van der Waals surface area (Å²) in [5, 5.41) is 12.3. The van der Waals surface area contributed by atoms with E-state index in [2.05, 4.69) is 21.2 Å². The number of phenolic OH excluding ortho intramolecular Hbond substituents is 1. The number of rotatable bonds is 2. The molecule has 0 aliphatic heterocycles. The molecule has 2 rings (SSSR count). The molecule has 98 valence electrons. The van der Waals surface area contributed by atoms with Gasteiger partial charge in [-0.1, -0.05) is 11.6 Å². The standard InChI is InChI=1S/C15H14BrNO2/c1-9-3-5-13(16)12(7-9)15(19)17-11-4-6-14(18)10(2)8-11/h3-8,18H,1-2H3,(H,17,19). The van der Waals surface area contributed by atoms with Crippen LogP contribution in [0.15, 0.2) is 40.9 Å². The Morgan fingerprint density at radius 3 is 2.58 bits per heavy atom. The fourth-order valence-electron chi connectivity index (χ4n) is 1.74. The third-order valence-electron chi connectivity index (χ3n) is 2.82. The van der Waals surface area contributed by atoms with Crippen molar-refractivity contribution >= 4 is 27.5 Å². The zero-order valence-electron chi connectivity index (χ0n) is 10.7. The first-order valence-corrected chi connectivity index (χ1v) is 6.64. The largest absolute Gasteiger partial charge is 0.508 e. The van der Waals surface area contributed by atoms with Gasteiger partial charge >= 0.3 is 0 Å². The lowest BCUT2D eigenvalue weighted by Crippen LogP contribution is -2.12. The van der Waals surface area contributed by atoms with Crippen LogP contribution in [-0.2, 0) is 0 Å². The van der Waals surface area contributed by atoms with Gasteiger partial charge in [0.25, 0.3) is 5.91 Å². The van der Waals surface area contributed by atoms with E-state index in [1.165, 1.54) is 0 Å². The summed E-state index contributed by atoms with van der Waals surface area (Å²) in [6, 6.07) is 10.6. The summed E-state index contributed by atoms with van der Waals surface area (Å²) in [6.45, 7) is 3.72. The number of carbonyl (C=O) groups is 1. The number of hydrogen-bond donors (Lipinski definition) is 2. The van der Waals surface area contributed by atoms with Gasteiger partial charge in [-0.15, -0.1) is 0 Å². The van der Waals surface area contributed by atoms with Gasteiger partial charge in [0.15, 0.2) is 0 Å². The lowest BCUT2D eigenvalue weighted by molar-refractivity contribution is 0.102. The van der Waals surface area contributed by atoms with Gasteiger partial charge in [0.2, 0.25) is 0 Å². The van der Waals surface area contributed by atoms with Crippen LogP contribution in [0.2, 0.25) is 0 Å². The molecule has 2 aromatic carbocycles. The number of aromatic hydroxyl groups is 1. The van der Waals surface area contributed by atoms with Crippen LogP contribution in [0.25, 0.3) is 0 Å². The van der Waals surface area contributed by atoms with Gasteiger partial charge in [0.05, 0.1) is 5.56 Å². The van der Waals surface area contributed by atoms with Crippen LogP contribution in [-0.4, -0.2) is 11.0 Å². The van der Waals surface area contributed by atoms with Crippen molar-refractivity contribution in [3.63, 3.8) is 0 Å². The Balaban J connectivity index is 2.25. The monoisotopic (exact) mass is 319 g/mol. The number of amides is 1. The van der Waals surface area contributed by atoms with Crippen molar-refractivity contribution in [1.82, 2.24) is 0 Å². The van der Waals surface area contributed by atoms with Crippen LogP contribution in [0.4, 0.5) is 5.69 Å². The molecule has 19 heavy (non-hydrogen) atoms. The summed E-state index contributed by atoms with van der Waals surface area (Å²) in [5.74, 6) is 0.0374. The Bertz CT molecular complexity index is 638. The van der Waals surface area contributed by atoms with E-state index in [1.54, 1.807) is 25.1 Å². The minimum atomic E-state index is -0.180. The zero-order valence-corrected chi connectivity index (χ0v) is 12.3. The number of nitrogens with one attached hydrogen (secondary N) is 1. The topological polar surface area (TPSA) is 49.3 Å². The van der Waals surface area contributed by atoms with Gasteiger partial charge in [-0.25, -0.2) is 0 Å². The van der Waals surface area contributed by atoms with Crippen LogP contribution in [0.1, 0.15) is 21.5 Å². The summed E-state index contributed by atoms with van der Waals surface area (Å²) in [4.78, 5) is 12.2. The maximum absolute atomic E-state index is 12.2. The smallest absolute Gasteiger partial charge is 0.256 e. The molecule has 0 aliphatic rings. The summed E-state index contributed by atoms with van der Waals surface area (Å²) in [7, 11) is 0. The fraction of sp³-hybridized carbons (Fsp3) is 0.133. The van der Waals surface area contributed by atoms with Crippen molar-refractivity contribution in [3.8, 4) is 5.75 Å². The second kappa shape index (κ2) is 5.45. The van der Waals surface area contributed by atoms with Crippen LogP contribution < -0.4 is 5.32 Å². The Kier molecular flexibility index (Phi) is 3.90. The Morgan fingerprint density at radius 2 is 1.89 bits per heavy atom. The highest BCUT2D eigenvalue weighted by molar-refractivity contribution is 9.10. The Hall–Kier alpha value is -1.81. The number of carbonyl (C=O) groups excluding carboxylic acids is 1. The quantitative estimate of drug-likeness (QED) is 0.821. The first-order valence-electron chi connectivity index (χ1n) is 5.84. The number of hydrogen-bond acceptors (Lipinski definition) is 2. The van der Waals surface area contributed by atoms with Crippen LogP contribution in [0.5, 0.6) is 5.75 Å². The molecule has 0 fully saturated rings. The maximum Gasteiger partial charge on any atom is 0.256 e. The molecule has 0 aliphatic carbocycles. The molecule has 0 aromatic heterocycles. The van der Waals surface area contributed by atoms with Gasteiger partial charge in [0, 0.05) is 10.2 Å². The molecule has 2 aromatic rings. The maximum atomic E-state index is 12.2.